The fourth-order valence-electron chi connectivity index (χ4n) is 2.69. The van der Waals surface area contributed by atoms with E-state index in [2.05, 4.69) is 10.5 Å². The molecule has 28 heavy (non-hydrogen) atoms. The Morgan fingerprint density at radius 2 is 2.07 bits per heavy atom. The summed E-state index contributed by atoms with van der Waals surface area (Å²) in [7, 11) is 0. The van der Waals surface area contributed by atoms with Gasteiger partial charge in [0.15, 0.2) is 0 Å². The maximum absolute atomic E-state index is 12.9. The van der Waals surface area contributed by atoms with Crippen LogP contribution >= 0.6 is 11.6 Å². The zero-order chi connectivity index (χ0) is 20.3. The molecule has 0 aliphatic carbocycles. The molecule has 3 aromatic rings. The number of benzene rings is 2. The maximum atomic E-state index is 12.9. The van der Waals surface area contributed by atoms with Crippen LogP contribution in [0.4, 0.5) is 11.4 Å². The molecule has 1 aromatic heterocycles. The lowest BCUT2D eigenvalue weighted by atomic mass is 10.1. The number of anilines is 1. The molecule has 0 aliphatic rings. The summed E-state index contributed by atoms with van der Waals surface area (Å²) in [6.45, 7) is 3.71. The minimum Gasteiger partial charge on any atom is -0.494 e. The number of halogens is 1. The zero-order valence-electron chi connectivity index (χ0n) is 15.1. The molecular formula is C19H16ClN3O5. The highest BCUT2D eigenvalue weighted by Crippen LogP contribution is 2.33. The van der Waals surface area contributed by atoms with Crippen molar-refractivity contribution in [1.82, 2.24) is 5.16 Å². The summed E-state index contributed by atoms with van der Waals surface area (Å²) in [5.74, 6) is 0.00653. The third-order valence-electron chi connectivity index (χ3n) is 3.94. The van der Waals surface area contributed by atoms with Gasteiger partial charge in [-0.1, -0.05) is 35.0 Å². The number of hydrogen-bond acceptors (Lipinski definition) is 6. The Morgan fingerprint density at radius 1 is 1.32 bits per heavy atom. The van der Waals surface area contributed by atoms with Gasteiger partial charge in [0.25, 0.3) is 11.6 Å². The van der Waals surface area contributed by atoms with E-state index in [1.54, 1.807) is 44.2 Å². The lowest BCUT2D eigenvalue weighted by Gasteiger charge is -2.09. The number of nitrogens with one attached hydrogen (secondary N) is 1. The van der Waals surface area contributed by atoms with E-state index in [4.69, 9.17) is 20.9 Å². The number of rotatable bonds is 6. The average molecular weight is 402 g/mol. The number of nitro benzene ring substituents is 1. The van der Waals surface area contributed by atoms with Gasteiger partial charge in [-0.2, -0.15) is 0 Å². The van der Waals surface area contributed by atoms with Gasteiger partial charge in [-0.05, 0) is 32.0 Å². The Balaban J connectivity index is 1.98. The van der Waals surface area contributed by atoms with E-state index in [0.717, 1.165) is 0 Å². The van der Waals surface area contributed by atoms with Crippen molar-refractivity contribution < 1.29 is 19.0 Å². The van der Waals surface area contributed by atoms with E-state index in [1.807, 2.05) is 0 Å². The first-order chi connectivity index (χ1) is 13.4. The minimum atomic E-state index is -0.596. The Kier molecular flexibility index (Phi) is 5.60. The SMILES string of the molecule is CCOc1ccc(NC(=O)c2c(-c3ccccc3Cl)noc2C)c([N+](=O)[O-])c1. The molecule has 0 atom stereocenters. The third kappa shape index (κ3) is 3.81. The van der Waals surface area contributed by atoms with Gasteiger partial charge in [-0.25, -0.2) is 0 Å². The topological polar surface area (TPSA) is 108 Å². The molecule has 1 amide bonds. The molecule has 0 fully saturated rings. The molecule has 0 saturated heterocycles. The number of amides is 1. The third-order valence-corrected chi connectivity index (χ3v) is 4.27. The smallest absolute Gasteiger partial charge is 0.296 e. The van der Waals surface area contributed by atoms with E-state index < -0.39 is 10.8 Å². The average Bonchev–Trinajstić information content (AvgIpc) is 3.04. The molecule has 9 heteroatoms. The van der Waals surface area contributed by atoms with Crippen molar-refractivity contribution in [3.05, 3.63) is 68.9 Å². The highest BCUT2D eigenvalue weighted by molar-refractivity contribution is 6.33. The van der Waals surface area contributed by atoms with Crippen molar-refractivity contribution in [1.29, 1.82) is 0 Å². The molecular weight excluding hydrogens is 386 g/mol. The molecule has 1 heterocycles. The molecule has 0 aliphatic heterocycles. The normalized spacial score (nSPS) is 10.5. The molecule has 3 rings (SSSR count). The summed E-state index contributed by atoms with van der Waals surface area (Å²) >= 11 is 6.20. The van der Waals surface area contributed by atoms with Gasteiger partial charge in [0, 0.05) is 5.56 Å². The Bertz CT molecular complexity index is 1050. The van der Waals surface area contributed by atoms with Crippen molar-refractivity contribution in [2.24, 2.45) is 0 Å². The van der Waals surface area contributed by atoms with Crippen LogP contribution < -0.4 is 10.1 Å². The van der Waals surface area contributed by atoms with Crippen LogP contribution in [0.1, 0.15) is 23.0 Å². The van der Waals surface area contributed by atoms with Gasteiger partial charge < -0.3 is 14.6 Å². The van der Waals surface area contributed by atoms with E-state index in [9.17, 15) is 14.9 Å². The monoisotopic (exact) mass is 401 g/mol. The minimum absolute atomic E-state index is 0.0316. The fraction of sp³-hybridized carbons (Fsp3) is 0.158. The highest BCUT2D eigenvalue weighted by Gasteiger charge is 2.25. The number of aryl methyl sites for hydroxylation is 1. The zero-order valence-corrected chi connectivity index (χ0v) is 15.8. The first-order valence-electron chi connectivity index (χ1n) is 8.36. The highest BCUT2D eigenvalue weighted by atomic mass is 35.5. The molecule has 2 aromatic carbocycles. The summed E-state index contributed by atoms with van der Waals surface area (Å²) < 4.78 is 10.5. The number of nitro groups is 1. The maximum Gasteiger partial charge on any atom is 0.296 e. The largest absolute Gasteiger partial charge is 0.494 e. The van der Waals surface area contributed by atoms with E-state index in [1.165, 1.54) is 12.1 Å². The standard InChI is InChI=1S/C19H16ClN3O5/c1-3-27-12-8-9-15(16(10-12)23(25)26)21-19(24)17-11(2)28-22-18(17)13-6-4-5-7-14(13)20/h4-10H,3H2,1-2H3,(H,21,24). The van der Waals surface area contributed by atoms with Crippen molar-refractivity contribution in [2.45, 2.75) is 13.8 Å². The number of aromatic nitrogens is 1. The predicted octanol–water partition coefficient (Wildman–Crippen LogP) is 4.86. The van der Waals surface area contributed by atoms with E-state index in [0.29, 0.717) is 22.9 Å². The number of nitrogens with zero attached hydrogens (tertiary/aromatic N) is 2. The van der Waals surface area contributed by atoms with Gasteiger partial charge in [0.1, 0.15) is 28.5 Å². The van der Waals surface area contributed by atoms with Crippen LogP contribution in [0.3, 0.4) is 0 Å². The van der Waals surface area contributed by atoms with Crippen LogP contribution in [0.5, 0.6) is 5.75 Å². The van der Waals surface area contributed by atoms with Gasteiger partial charge in [-0.3, -0.25) is 14.9 Å². The lowest BCUT2D eigenvalue weighted by Crippen LogP contribution is -2.14. The number of ether oxygens (including phenoxy) is 1. The van der Waals surface area contributed by atoms with Gasteiger partial charge >= 0.3 is 0 Å². The van der Waals surface area contributed by atoms with Crippen LogP contribution in [0.2, 0.25) is 5.02 Å². The number of carbonyl (C=O) groups excluding carboxylic acids is 1. The fourth-order valence-corrected chi connectivity index (χ4v) is 2.91. The first-order valence-corrected chi connectivity index (χ1v) is 8.74. The second-order valence-electron chi connectivity index (χ2n) is 5.77. The van der Waals surface area contributed by atoms with E-state index in [-0.39, 0.29) is 28.4 Å². The van der Waals surface area contributed by atoms with Crippen molar-refractivity contribution in [2.75, 3.05) is 11.9 Å². The van der Waals surface area contributed by atoms with Gasteiger partial charge in [0.2, 0.25) is 0 Å². The van der Waals surface area contributed by atoms with Crippen LogP contribution in [0.25, 0.3) is 11.3 Å². The van der Waals surface area contributed by atoms with Crippen LogP contribution in [0, 0.1) is 17.0 Å². The summed E-state index contributed by atoms with van der Waals surface area (Å²) in [4.78, 5) is 23.7. The predicted molar refractivity (Wildman–Crippen MR) is 104 cm³/mol. The van der Waals surface area contributed by atoms with Gasteiger partial charge in [0.05, 0.1) is 22.6 Å². The number of hydrogen-bond donors (Lipinski definition) is 1. The van der Waals surface area contributed by atoms with Crippen molar-refractivity contribution in [3.8, 4) is 17.0 Å². The summed E-state index contributed by atoms with van der Waals surface area (Å²) in [5, 5.41) is 18.3. The van der Waals surface area contributed by atoms with Crippen molar-refractivity contribution >= 4 is 28.9 Å². The molecule has 8 nitrogen and oxygen atoms in total. The van der Waals surface area contributed by atoms with E-state index >= 15 is 0 Å². The van der Waals surface area contributed by atoms with Crippen LogP contribution in [-0.2, 0) is 0 Å². The second kappa shape index (κ2) is 8.10. The molecule has 0 spiro atoms. The Labute approximate surface area is 165 Å². The lowest BCUT2D eigenvalue weighted by molar-refractivity contribution is -0.384. The Morgan fingerprint density at radius 3 is 2.75 bits per heavy atom. The Hall–Kier alpha value is -3.39. The summed E-state index contributed by atoms with van der Waals surface area (Å²) in [6.07, 6.45) is 0. The van der Waals surface area contributed by atoms with Crippen LogP contribution in [0.15, 0.2) is 47.0 Å². The molecule has 0 unspecified atom stereocenters. The second-order valence-corrected chi connectivity index (χ2v) is 6.17. The number of carbonyl (C=O) groups is 1. The van der Waals surface area contributed by atoms with Gasteiger partial charge in [-0.15, -0.1) is 0 Å². The molecule has 144 valence electrons. The van der Waals surface area contributed by atoms with Crippen molar-refractivity contribution in [3.63, 3.8) is 0 Å². The first kappa shape index (κ1) is 19.4. The molecule has 0 radical (unpaired) electrons. The summed E-state index contributed by atoms with van der Waals surface area (Å²) in [6, 6.07) is 11.1. The molecule has 1 N–H and O–H groups in total. The summed E-state index contributed by atoms with van der Waals surface area (Å²) in [5.41, 5.74) is 0.676. The molecule has 0 bridgehead atoms. The molecule has 0 saturated carbocycles. The van der Waals surface area contributed by atoms with Crippen LogP contribution in [-0.4, -0.2) is 22.6 Å². The quantitative estimate of drug-likeness (QED) is 0.466.